The number of aliphatic hydroxyl groups is 1. The van der Waals surface area contributed by atoms with Gasteiger partial charge in [-0.3, -0.25) is 4.98 Å². The minimum absolute atomic E-state index is 0.0801. The molecule has 4 nitrogen and oxygen atoms in total. The second-order valence-electron chi connectivity index (χ2n) is 9.40. The first-order valence-corrected chi connectivity index (χ1v) is 13.4. The van der Waals surface area contributed by atoms with Crippen LogP contribution in [0.5, 0.6) is 5.75 Å². The van der Waals surface area contributed by atoms with Crippen LogP contribution < -0.4 is 4.74 Å². The third-order valence-electron chi connectivity index (χ3n) is 7.09. The molecule has 2 heterocycles. The Labute approximate surface area is 214 Å². The lowest BCUT2D eigenvalue weighted by Crippen LogP contribution is -2.42. The number of rotatable bonds is 11. The second kappa shape index (κ2) is 12.8. The summed E-state index contributed by atoms with van der Waals surface area (Å²) in [5, 5.41) is 10.8. The second-order valence-corrected chi connectivity index (χ2v) is 10.5. The van der Waals surface area contributed by atoms with E-state index in [1.54, 1.807) is 19.4 Å². The fourth-order valence-electron chi connectivity index (χ4n) is 5.07. The van der Waals surface area contributed by atoms with E-state index in [2.05, 4.69) is 9.88 Å². The number of piperidine rings is 1. The predicted molar refractivity (Wildman–Crippen MR) is 138 cm³/mol. The van der Waals surface area contributed by atoms with Crippen molar-refractivity contribution in [2.24, 2.45) is 11.8 Å². The van der Waals surface area contributed by atoms with E-state index in [0.29, 0.717) is 34.8 Å². The third-order valence-corrected chi connectivity index (χ3v) is 8.21. The number of benzene rings is 2. The molecule has 0 saturated carbocycles. The van der Waals surface area contributed by atoms with E-state index in [9.17, 15) is 13.9 Å². The number of aliphatic hydroxyl groups excluding tert-OH is 1. The van der Waals surface area contributed by atoms with E-state index < -0.39 is 17.8 Å². The molecule has 1 aromatic heterocycles. The maximum absolute atomic E-state index is 15.4. The van der Waals surface area contributed by atoms with Crippen molar-refractivity contribution in [3.05, 3.63) is 65.9 Å². The highest BCUT2D eigenvalue weighted by Gasteiger charge is 2.29. The van der Waals surface area contributed by atoms with Gasteiger partial charge in [0.15, 0.2) is 0 Å². The molecule has 194 valence electrons. The molecule has 2 aromatic carbocycles. The van der Waals surface area contributed by atoms with E-state index >= 15 is 4.39 Å². The van der Waals surface area contributed by atoms with Crippen LogP contribution in [0.3, 0.4) is 0 Å². The zero-order chi connectivity index (χ0) is 25.5. The van der Waals surface area contributed by atoms with Gasteiger partial charge in [0.05, 0.1) is 12.6 Å². The van der Waals surface area contributed by atoms with Crippen LogP contribution >= 0.6 is 11.8 Å². The molecule has 1 aliphatic heterocycles. The highest BCUT2D eigenvalue weighted by Crippen LogP contribution is 2.35. The quantitative estimate of drug-likeness (QED) is 0.234. The van der Waals surface area contributed by atoms with Gasteiger partial charge in [0.25, 0.3) is 0 Å². The molecule has 4 rings (SSSR count). The number of thioether (sulfide) groups is 1. The van der Waals surface area contributed by atoms with Gasteiger partial charge in [0.2, 0.25) is 0 Å². The van der Waals surface area contributed by atoms with E-state index in [4.69, 9.17) is 4.74 Å². The van der Waals surface area contributed by atoms with Gasteiger partial charge in [-0.2, -0.15) is 0 Å². The van der Waals surface area contributed by atoms with Gasteiger partial charge in [-0.05, 0) is 104 Å². The topological polar surface area (TPSA) is 45.6 Å². The maximum atomic E-state index is 15.4. The van der Waals surface area contributed by atoms with Crippen LogP contribution in [0.4, 0.5) is 13.2 Å². The Morgan fingerprint density at radius 2 is 2.03 bits per heavy atom. The molecule has 0 bridgehead atoms. The molecule has 3 aromatic rings. The SMILES string of the molecule is COc1ccc2nccc(C(F)CC[C@@H]3CCN(CCCSc4cc(F)ccc4F)C[C@@H]3CO)c2c1. The molecule has 1 saturated heterocycles. The molecule has 1 fully saturated rings. The summed E-state index contributed by atoms with van der Waals surface area (Å²) in [5.74, 6) is 0.914. The molecule has 1 N–H and O–H groups in total. The number of pyridine rings is 1. The van der Waals surface area contributed by atoms with Gasteiger partial charge in [0, 0.05) is 29.6 Å². The Balaban J connectivity index is 1.26. The minimum atomic E-state index is -1.11. The first-order valence-electron chi connectivity index (χ1n) is 12.5. The van der Waals surface area contributed by atoms with Crippen LogP contribution in [0, 0.1) is 23.5 Å². The zero-order valence-corrected chi connectivity index (χ0v) is 21.3. The smallest absolute Gasteiger partial charge is 0.136 e. The molecule has 0 radical (unpaired) electrons. The van der Waals surface area contributed by atoms with Crippen molar-refractivity contribution < 1.29 is 23.0 Å². The van der Waals surface area contributed by atoms with Crippen LogP contribution in [0.1, 0.15) is 37.4 Å². The molecular weight excluding hydrogens is 485 g/mol. The van der Waals surface area contributed by atoms with Crippen LogP contribution in [0.2, 0.25) is 0 Å². The lowest BCUT2D eigenvalue weighted by molar-refractivity contribution is 0.0640. The largest absolute Gasteiger partial charge is 0.497 e. The van der Waals surface area contributed by atoms with E-state index in [1.165, 1.54) is 17.8 Å². The molecule has 8 heteroatoms. The summed E-state index contributed by atoms with van der Waals surface area (Å²) in [5.41, 5.74) is 1.37. The highest BCUT2D eigenvalue weighted by atomic mass is 32.2. The molecule has 0 aliphatic carbocycles. The maximum Gasteiger partial charge on any atom is 0.136 e. The number of alkyl halides is 1. The predicted octanol–water partition coefficient (Wildman–Crippen LogP) is 6.43. The van der Waals surface area contributed by atoms with Crippen LogP contribution in [-0.4, -0.2) is 54.1 Å². The Morgan fingerprint density at radius 3 is 2.83 bits per heavy atom. The molecule has 3 atom stereocenters. The number of hydrogen-bond acceptors (Lipinski definition) is 5. The van der Waals surface area contributed by atoms with Crippen molar-refractivity contribution in [3.63, 3.8) is 0 Å². The number of nitrogens with zero attached hydrogens (tertiary/aromatic N) is 2. The van der Waals surface area contributed by atoms with Gasteiger partial charge >= 0.3 is 0 Å². The summed E-state index contributed by atoms with van der Waals surface area (Å²) in [7, 11) is 1.59. The number of ether oxygens (including phenoxy) is 1. The van der Waals surface area contributed by atoms with Crippen molar-refractivity contribution in [1.29, 1.82) is 0 Å². The normalized spacial score (nSPS) is 19.5. The van der Waals surface area contributed by atoms with E-state index in [1.807, 2.05) is 18.2 Å². The van der Waals surface area contributed by atoms with E-state index in [0.717, 1.165) is 55.5 Å². The highest BCUT2D eigenvalue weighted by molar-refractivity contribution is 7.99. The summed E-state index contributed by atoms with van der Waals surface area (Å²) in [4.78, 5) is 6.99. The number of likely N-dealkylation sites (tertiary alicyclic amines) is 1. The lowest BCUT2D eigenvalue weighted by atomic mass is 9.81. The number of hydrogen-bond donors (Lipinski definition) is 1. The molecule has 0 spiro atoms. The fraction of sp³-hybridized carbons (Fsp3) is 0.464. The van der Waals surface area contributed by atoms with Crippen molar-refractivity contribution in [2.75, 3.05) is 39.1 Å². The summed E-state index contributed by atoms with van der Waals surface area (Å²) >= 11 is 1.32. The first-order chi connectivity index (χ1) is 17.5. The molecule has 36 heavy (non-hydrogen) atoms. The first kappa shape index (κ1) is 26.8. The Kier molecular flexibility index (Phi) is 9.51. The number of fused-ring (bicyclic) bond motifs is 1. The lowest BCUT2D eigenvalue weighted by Gasteiger charge is -2.38. The Hall–Kier alpha value is -2.29. The van der Waals surface area contributed by atoms with Crippen molar-refractivity contribution >= 4 is 22.7 Å². The summed E-state index contributed by atoms with van der Waals surface area (Å²) < 4.78 is 47.8. The van der Waals surface area contributed by atoms with Gasteiger partial charge in [-0.25, -0.2) is 13.2 Å². The number of methoxy groups -OCH3 is 1. The summed E-state index contributed by atoms with van der Waals surface area (Å²) in [6, 6.07) is 10.8. The molecule has 0 amide bonds. The number of aromatic nitrogens is 1. The monoisotopic (exact) mass is 518 g/mol. The van der Waals surface area contributed by atoms with Crippen molar-refractivity contribution in [3.8, 4) is 5.75 Å². The van der Waals surface area contributed by atoms with Crippen molar-refractivity contribution in [2.45, 2.75) is 36.8 Å². The standard InChI is InChI=1S/C28H33F3N2O2S/c1-35-22-5-8-27-24(16-22)23(9-11-32-27)25(30)6-3-19-10-13-33(17-20(19)18-34)12-2-14-36-28-15-21(29)4-7-26(28)31/h4-5,7-9,11,15-16,19-20,25,34H,2-3,6,10,12-14,17-18H2,1H3/t19-,20-,25?/m1/s1. The Bertz CT molecular complexity index is 1150. The zero-order valence-electron chi connectivity index (χ0n) is 20.5. The molecular formula is C28H33F3N2O2S. The van der Waals surface area contributed by atoms with Gasteiger partial charge in [-0.1, -0.05) is 0 Å². The number of halogens is 3. The van der Waals surface area contributed by atoms with E-state index in [-0.39, 0.29) is 18.4 Å². The third kappa shape index (κ3) is 6.72. The average Bonchev–Trinajstić information content (AvgIpc) is 2.91. The minimum Gasteiger partial charge on any atom is -0.497 e. The molecule has 1 unspecified atom stereocenters. The fourth-order valence-corrected chi connectivity index (χ4v) is 5.96. The molecule has 1 aliphatic rings. The van der Waals surface area contributed by atoms with Crippen LogP contribution in [0.25, 0.3) is 10.9 Å². The van der Waals surface area contributed by atoms with Crippen LogP contribution in [0.15, 0.2) is 53.6 Å². The van der Waals surface area contributed by atoms with Crippen LogP contribution in [-0.2, 0) is 0 Å². The summed E-state index contributed by atoms with van der Waals surface area (Å²) in [6.07, 6.45) is 3.39. The van der Waals surface area contributed by atoms with Gasteiger partial charge in [0.1, 0.15) is 23.6 Å². The van der Waals surface area contributed by atoms with Gasteiger partial charge < -0.3 is 14.7 Å². The summed E-state index contributed by atoms with van der Waals surface area (Å²) in [6.45, 7) is 2.58. The Morgan fingerprint density at radius 1 is 1.17 bits per heavy atom. The van der Waals surface area contributed by atoms with Crippen molar-refractivity contribution in [1.82, 2.24) is 9.88 Å². The van der Waals surface area contributed by atoms with Gasteiger partial charge in [-0.15, -0.1) is 11.8 Å². The average molecular weight is 519 g/mol.